The second-order valence-electron chi connectivity index (χ2n) is 2.66. The number of anilines is 1. The van der Waals surface area contributed by atoms with Crippen molar-refractivity contribution in [2.75, 3.05) is 5.73 Å². The van der Waals surface area contributed by atoms with Crippen LogP contribution in [0.4, 0.5) is 10.1 Å². The summed E-state index contributed by atoms with van der Waals surface area (Å²) in [4.78, 5) is 0. The Balaban J connectivity index is 2.47. The van der Waals surface area contributed by atoms with Gasteiger partial charge in [0.25, 0.3) is 0 Å². The molecule has 2 N–H and O–H groups in total. The van der Waals surface area contributed by atoms with Crippen molar-refractivity contribution in [3.8, 4) is 5.69 Å². The molecule has 0 spiro atoms. The molecule has 4 heteroatoms. The molecule has 0 aliphatic rings. The predicted octanol–water partition coefficient (Wildman–Crippen LogP) is 1.59. The maximum atomic E-state index is 13.0. The highest BCUT2D eigenvalue weighted by molar-refractivity contribution is 5.44. The smallest absolute Gasteiger partial charge is 0.216 e. The van der Waals surface area contributed by atoms with E-state index in [4.69, 9.17) is 5.73 Å². The van der Waals surface area contributed by atoms with Gasteiger partial charge in [0.2, 0.25) is 5.95 Å². The normalized spacial score (nSPS) is 10.2. The highest BCUT2D eigenvalue weighted by Gasteiger charge is 2.01. The van der Waals surface area contributed by atoms with Crippen LogP contribution in [0.1, 0.15) is 0 Å². The minimum Gasteiger partial charge on any atom is -0.399 e. The van der Waals surface area contributed by atoms with E-state index in [-0.39, 0.29) is 5.95 Å². The van der Waals surface area contributed by atoms with Gasteiger partial charge >= 0.3 is 0 Å². The number of nitrogens with two attached hydrogens (primary N) is 1. The summed E-state index contributed by atoms with van der Waals surface area (Å²) in [5, 5.41) is 3.82. The van der Waals surface area contributed by atoms with Gasteiger partial charge in [-0.2, -0.15) is 9.49 Å². The first-order chi connectivity index (χ1) is 6.27. The first kappa shape index (κ1) is 7.79. The average molecular weight is 177 g/mol. The van der Waals surface area contributed by atoms with Crippen molar-refractivity contribution < 1.29 is 4.39 Å². The third-order valence-corrected chi connectivity index (χ3v) is 1.73. The van der Waals surface area contributed by atoms with Crippen molar-refractivity contribution in [2.45, 2.75) is 0 Å². The summed E-state index contributed by atoms with van der Waals surface area (Å²) >= 11 is 0. The molecule has 1 aromatic carbocycles. The first-order valence-corrected chi connectivity index (χ1v) is 3.83. The topological polar surface area (TPSA) is 43.8 Å². The standard InChI is InChI=1S/C9H8FN3/c10-9-5-6-12-13(9)8-3-1-7(11)2-4-8/h1-6H,11H2. The summed E-state index contributed by atoms with van der Waals surface area (Å²) in [5.41, 5.74) is 6.81. The maximum absolute atomic E-state index is 13.0. The van der Waals surface area contributed by atoms with Gasteiger partial charge in [0.15, 0.2) is 0 Å². The summed E-state index contributed by atoms with van der Waals surface area (Å²) in [6, 6.07) is 8.14. The second-order valence-corrected chi connectivity index (χ2v) is 2.66. The zero-order valence-electron chi connectivity index (χ0n) is 6.81. The van der Waals surface area contributed by atoms with E-state index in [2.05, 4.69) is 5.10 Å². The Morgan fingerprint density at radius 2 is 1.85 bits per heavy atom. The molecule has 0 atom stereocenters. The van der Waals surface area contributed by atoms with Gasteiger partial charge in [-0.1, -0.05) is 0 Å². The molecule has 3 nitrogen and oxygen atoms in total. The third-order valence-electron chi connectivity index (χ3n) is 1.73. The fraction of sp³-hybridized carbons (Fsp3) is 0. The number of hydrogen-bond acceptors (Lipinski definition) is 2. The quantitative estimate of drug-likeness (QED) is 0.672. The van der Waals surface area contributed by atoms with Crippen molar-refractivity contribution in [3.05, 3.63) is 42.5 Å². The fourth-order valence-electron chi connectivity index (χ4n) is 1.09. The minimum absolute atomic E-state index is 0.384. The van der Waals surface area contributed by atoms with Crippen molar-refractivity contribution in [1.82, 2.24) is 9.78 Å². The molecule has 0 amide bonds. The molecule has 1 heterocycles. The lowest BCUT2D eigenvalue weighted by atomic mass is 10.3. The van der Waals surface area contributed by atoms with Crippen molar-refractivity contribution in [2.24, 2.45) is 0 Å². The molecule has 0 bridgehead atoms. The van der Waals surface area contributed by atoms with E-state index in [9.17, 15) is 4.39 Å². The van der Waals surface area contributed by atoms with Gasteiger partial charge in [0.05, 0.1) is 11.9 Å². The van der Waals surface area contributed by atoms with Crippen LogP contribution in [-0.4, -0.2) is 9.78 Å². The first-order valence-electron chi connectivity index (χ1n) is 3.83. The molecule has 0 fully saturated rings. The number of hydrogen-bond donors (Lipinski definition) is 1. The SMILES string of the molecule is Nc1ccc(-n2nccc2F)cc1. The van der Waals surface area contributed by atoms with Crippen LogP contribution in [0.5, 0.6) is 0 Å². The van der Waals surface area contributed by atoms with E-state index < -0.39 is 0 Å². The Kier molecular flexibility index (Phi) is 1.73. The zero-order valence-corrected chi connectivity index (χ0v) is 6.81. The van der Waals surface area contributed by atoms with Gasteiger partial charge in [-0.15, -0.1) is 0 Å². The Hall–Kier alpha value is -1.84. The molecule has 0 aliphatic heterocycles. The molecule has 13 heavy (non-hydrogen) atoms. The molecule has 0 saturated heterocycles. The summed E-state index contributed by atoms with van der Waals surface area (Å²) in [6.07, 6.45) is 1.41. The number of nitrogen functional groups attached to an aromatic ring is 1. The van der Waals surface area contributed by atoms with Crippen LogP contribution in [0.2, 0.25) is 0 Å². The number of benzene rings is 1. The Morgan fingerprint density at radius 1 is 1.15 bits per heavy atom. The molecule has 0 unspecified atom stereocenters. The molecule has 66 valence electrons. The summed E-state index contributed by atoms with van der Waals surface area (Å²) in [5.74, 6) is -0.384. The second kappa shape index (κ2) is 2.90. The van der Waals surface area contributed by atoms with Gasteiger partial charge in [-0.25, -0.2) is 4.68 Å². The number of halogens is 1. The van der Waals surface area contributed by atoms with E-state index in [0.717, 1.165) is 0 Å². The molecular formula is C9H8FN3. The van der Waals surface area contributed by atoms with E-state index in [1.807, 2.05) is 0 Å². The summed E-state index contributed by atoms with van der Waals surface area (Å²) in [7, 11) is 0. The van der Waals surface area contributed by atoms with Crippen LogP contribution >= 0.6 is 0 Å². The predicted molar refractivity (Wildman–Crippen MR) is 47.9 cm³/mol. The number of aromatic nitrogens is 2. The molecule has 2 rings (SSSR count). The lowest BCUT2D eigenvalue weighted by Gasteiger charge is -2.01. The van der Waals surface area contributed by atoms with E-state index >= 15 is 0 Å². The maximum Gasteiger partial charge on any atom is 0.216 e. The highest BCUT2D eigenvalue weighted by Crippen LogP contribution is 2.11. The number of nitrogens with zero attached hydrogens (tertiary/aromatic N) is 2. The van der Waals surface area contributed by atoms with Crippen LogP contribution in [0.25, 0.3) is 5.69 Å². The molecule has 2 aromatic rings. The van der Waals surface area contributed by atoms with Gasteiger partial charge in [0.1, 0.15) is 0 Å². The monoisotopic (exact) mass is 177 g/mol. The van der Waals surface area contributed by atoms with Crippen LogP contribution in [0.15, 0.2) is 36.5 Å². The third kappa shape index (κ3) is 1.38. The summed E-state index contributed by atoms with van der Waals surface area (Å²) < 4.78 is 14.2. The van der Waals surface area contributed by atoms with Crippen LogP contribution in [-0.2, 0) is 0 Å². The Morgan fingerprint density at radius 3 is 2.38 bits per heavy atom. The van der Waals surface area contributed by atoms with E-state index in [1.54, 1.807) is 24.3 Å². The average Bonchev–Trinajstić information content (AvgIpc) is 2.53. The Bertz CT molecular complexity index is 405. The number of rotatable bonds is 1. The van der Waals surface area contributed by atoms with Gasteiger partial charge < -0.3 is 5.73 Å². The van der Waals surface area contributed by atoms with Crippen LogP contribution < -0.4 is 5.73 Å². The van der Waals surface area contributed by atoms with Crippen molar-refractivity contribution in [1.29, 1.82) is 0 Å². The van der Waals surface area contributed by atoms with Gasteiger partial charge in [0, 0.05) is 11.8 Å². The molecule has 0 aliphatic carbocycles. The summed E-state index contributed by atoms with van der Waals surface area (Å²) in [6.45, 7) is 0. The minimum atomic E-state index is -0.384. The lowest BCUT2D eigenvalue weighted by Crippen LogP contribution is -1.99. The fourth-order valence-corrected chi connectivity index (χ4v) is 1.09. The van der Waals surface area contributed by atoms with Gasteiger partial charge in [-0.3, -0.25) is 0 Å². The Labute approximate surface area is 74.6 Å². The van der Waals surface area contributed by atoms with Gasteiger partial charge in [-0.05, 0) is 24.3 Å². The molecule has 0 radical (unpaired) electrons. The molecule has 1 aromatic heterocycles. The molecular weight excluding hydrogens is 169 g/mol. The van der Waals surface area contributed by atoms with E-state index in [0.29, 0.717) is 11.4 Å². The van der Waals surface area contributed by atoms with Crippen molar-refractivity contribution >= 4 is 5.69 Å². The zero-order chi connectivity index (χ0) is 9.26. The largest absolute Gasteiger partial charge is 0.399 e. The molecule has 0 saturated carbocycles. The van der Waals surface area contributed by atoms with E-state index in [1.165, 1.54) is 16.9 Å². The highest BCUT2D eigenvalue weighted by atomic mass is 19.1. The van der Waals surface area contributed by atoms with Crippen LogP contribution in [0.3, 0.4) is 0 Å². The van der Waals surface area contributed by atoms with Crippen molar-refractivity contribution in [3.63, 3.8) is 0 Å². The van der Waals surface area contributed by atoms with Crippen LogP contribution in [0, 0.1) is 5.95 Å². The lowest BCUT2D eigenvalue weighted by molar-refractivity contribution is 0.537.